The number of aromatic nitrogens is 7. The maximum absolute atomic E-state index is 14.8. The van der Waals surface area contributed by atoms with Gasteiger partial charge in [-0.2, -0.15) is 5.10 Å². The Hall–Kier alpha value is -3.19. The van der Waals surface area contributed by atoms with E-state index in [4.69, 9.17) is 23.2 Å². The van der Waals surface area contributed by atoms with Gasteiger partial charge in [-0.15, -0.1) is 5.10 Å². The molecule has 1 unspecified atom stereocenters. The molecule has 1 aliphatic rings. The number of rotatable bonds is 9. The van der Waals surface area contributed by atoms with E-state index in [0.717, 1.165) is 44.0 Å². The van der Waals surface area contributed by atoms with Crippen molar-refractivity contribution in [1.29, 1.82) is 0 Å². The summed E-state index contributed by atoms with van der Waals surface area (Å²) in [6, 6.07) is 8.54. The lowest BCUT2D eigenvalue weighted by Crippen LogP contribution is -2.47. The molecular formula is C24H25Cl2F2N9O. The van der Waals surface area contributed by atoms with Crippen LogP contribution in [-0.4, -0.2) is 77.7 Å². The lowest BCUT2D eigenvalue weighted by atomic mass is 9.92. The van der Waals surface area contributed by atoms with Crippen molar-refractivity contribution >= 4 is 28.9 Å². The van der Waals surface area contributed by atoms with Crippen molar-refractivity contribution in [2.75, 3.05) is 37.6 Å². The fraction of sp³-hybridized carbons (Fsp3) is 0.375. The van der Waals surface area contributed by atoms with Gasteiger partial charge in [0, 0.05) is 50.8 Å². The molecule has 0 aliphatic carbocycles. The van der Waals surface area contributed by atoms with E-state index >= 15 is 0 Å². The van der Waals surface area contributed by atoms with Gasteiger partial charge in [0.25, 0.3) is 0 Å². The van der Waals surface area contributed by atoms with Crippen molar-refractivity contribution < 1.29 is 13.9 Å². The Morgan fingerprint density at radius 2 is 1.76 bits per heavy atom. The predicted octanol–water partition coefficient (Wildman–Crippen LogP) is 2.80. The minimum absolute atomic E-state index is 0.0924. The lowest BCUT2D eigenvalue weighted by molar-refractivity contribution is -0.00975. The molecule has 0 spiro atoms. The molecule has 38 heavy (non-hydrogen) atoms. The molecule has 5 rings (SSSR count). The molecule has 10 nitrogen and oxygen atoms in total. The number of benzene rings is 2. The molecule has 14 heteroatoms. The molecule has 4 aromatic rings. The van der Waals surface area contributed by atoms with E-state index in [2.05, 4.69) is 35.4 Å². The van der Waals surface area contributed by atoms with E-state index in [9.17, 15) is 13.9 Å². The fourth-order valence-corrected chi connectivity index (χ4v) is 5.32. The summed E-state index contributed by atoms with van der Waals surface area (Å²) in [6.45, 7) is 3.47. The Morgan fingerprint density at radius 1 is 1.00 bits per heavy atom. The number of hydrogen-bond donors (Lipinski definition) is 1. The van der Waals surface area contributed by atoms with Crippen molar-refractivity contribution in [3.63, 3.8) is 0 Å². The van der Waals surface area contributed by atoms with Gasteiger partial charge in [0.1, 0.15) is 29.9 Å². The van der Waals surface area contributed by atoms with Gasteiger partial charge in [-0.3, -0.25) is 4.90 Å². The summed E-state index contributed by atoms with van der Waals surface area (Å²) in [6.07, 6.45) is 3.22. The van der Waals surface area contributed by atoms with Crippen LogP contribution < -0.4 is 4.90 Å². The number of piperazine rings is 1. The highest BCUT2D eigenvalue weighted by molar-refractivity contribution is 6.39. The molecule has 0 saturated carbocycles. The largest absolute Gasteiger partial charge is 0.381 e. The van der Waals surface area contributed by atoms with E-state index in [1.807, 2.05) is 18.2 Å². The molecule has 1 saturated heterocycles. The van der Waals surface area contributed by atoms with Crippen LogP contribution in [0.15, 0.2) is 49.1 Å². The topological polar surface area (TPSA) is 101 Å². The fourth-order valence-electron chi connectivity index (χ4n) is 4.69. The van der Waals surface area contributed by atoms with Crippen LogP contribution in [-0.2, 0) is 25.1 Å². The molecule has 2 aromatic heterocycles. The van der Waals surface area contributed by atoms with Crippen molar-refractivity contribution in [3.05, 3.63) is 82.1 Å². The van der Waals surface area contributed by atoms with E-state index in [1.54, 1.807) is 0 Å². The molecule has 200 valence electrons. The summed E-state index contributed by atoms with van der Waals surface area (Å²) >= 11 is 12.7. The van der Waals surface area contributed by atoms with Gasteiger partial charge >= 0.3 is 0 Å². The second kappa shape index (κ2) is 11.3. The monoisotopic (exact) mass is 563 g/mol. The Kier molecular flexibility index (Phi) is 7.84. The zero-order valence-corrected chi connectivity index (χ0v) is 21.8. The third kappa shape index (κ3) is 5.78. The molecule has 3 heterocycles. The normalized spacial score (nSPS) is 16.1. The summed E-state index contributed by atoms with van der Waals surface area (Å²) in [5, 5.41) is 28.8. The van der Waals surface area contributed by atoms with Crippen molar-refractivity contribution in [3.8, 4) is 0 Å². The SMILES string of the molecule is OC(Cn1cncn1)(Cn1nnnc1CCN1CCN(c2c(Cl)cccc2Cl)CC1)c1ccc(F)cc1F. The van der Waals surface area contributed by atoms with Crippen LogP contribution in [0.25, 0.3) is 0 Å². The first-order chi connectivity index (χ1) is 18.3. The van der Waals surface area contributed by atoms with Crippen LogP contribution >= 0.6 is 23.2 Å². The van der Waals surface area contributed by atoms with Gasteiger partial charge in [0.2, 0.25) is 0 Å². The summed E-state index contributed by atoms with van der Waals surface area (Å²) in [5.41, 5.74) is -1.07. The second-order valence-corrected chi connectivity index (χ2v) is 9.96. The average molecular weight is 564 g/mol. The number of hydrogen-bond acceptors (Lipinski definition) is 8. The number of tetrazole rings is 1. The number of anilines is 1. The quantitative estimate of drug-likeness (QED) is 0.332. The van der Waals surface area contributed by atoms with Crippen LogP contribution in [0.5, 0.6) is 0 Å². The van der Waals surface area contributed by atoms with E-state index in [0.29, 0.717) is 28.8 Å². The molecule has 0 radical (unpaired) electrons. The number of halogens is 4. The molecule has 0 bridgehead atoms. The van der Waals surface area contributed by atoms with Gasteiger partial charge in [0.15, 0.2) is 5.82 Å². The Labute approximate surface area is 227 Å². The number of para-hydroxylation sites is 1. The van der Waals surface area contributed by atoms with Crippen LogP contribution in [0.1, 0.15) is 11.4 Å². The molecule has 1 N–H and O–H groups in total. The average Bonchev–Trinajstić information content (AvgIpc) is 3.55. The Morgan fingerprint density at radius 3 is 2.45 bits per heavy atom. The van der Waals surface area contributed by atoms with Crippen LogP contribution in [0.4, 0.5) is 14.5 Å². The first kappa shape index (κ1) is 26.4. The lowest BCUT2D eigenvalue weighted by Gasteiger charge is -2.36. The summed E-state index contributed by atoms with van der Waals surface area (Å²) < 4.78 is 31.2. The number of aliphatic hydroxyl groups is 1. The molecule has 1 aliphatic heterocycles. The highest BCUT2D eigenvalue weighted by Crippen LogP contribution is 2.34. The molecule has 1 fully saturated rings. The maximum Gasteiger partial charge on any atom is 0.152 e. The number of nitrogens with zero attached hydrogens (tertiary/aromatic N) is 9. The highest BCUT2D eigenvalue weighted by Gasteiger charge is 2.35. The molecule has 0 amide bonds. The van der Waals surface area contributed by atoms with E-state index in [1.165, 1.54) is 28.1 Å². The second-order valence-electron chi connectivity index (χ2n) is 9.15. The standard InChI is InChI=1S/C24H25Cl2F2N9O/c25-19-2-1-3-20(26)23(19)35-10-8-34(9-11-35)7-6-22-31-32-33-37(22)14-24(38,13-36-16-29-15-30-36)18-5-4-17(27)12-21(18)28/h1-5,12,15-16,38H,6-11,13-14H2. The summed E-state index contributed by atoms with van der Waals surface area (Å²) in [5.74, 6) is -1.09. The third-order valence-corrected chi connectivity index (χ3v) is 7.23. The molecule has 1 atom stereocenters. The Balaban J connectivity index is 1.26. The zero-order chi connectivity index (χ0) is 26.7. The van der Waals surface area contributed by atoms with E-state index in [-0.39, 0.29) is 18.7 Å². The van der Waals surface area contributed by atoms with Gasteiger partial charge in [0.05, 0.1) is 28.8 Å². The zero-order valence-electron chi connectivity index (χ0n) is 20.3. The van der Waals surface area contributed by atoms with Gasteiger partial charge in [-0.05, 0) is 28.6 Å². The van der Waals surface area contributed by atoms with Crippen LogP contribution in [0, 0.1) is 11.6 Å². The molecule has 2 aromatic carbocycles. The van der Waals surface area contributed by atoms with Gasteiger partial charge < -0.3 is 10.0 Å². The molecular weight excluding hydrogens is 539 g/mol. The van der Waals surface area contributed by atoms with Gasteiger partial charge in [-0.1, -0.05) is 35.3 Å². The van der Waals surface area contributed by atoms with Crippen LogP contribution in [0.2, 0.25) is 10.0 Å². The third-order valence-electron chi connectivity index (χ3n) is 6.62. The highest BCUT2D eigenvalue weighted by atomic mass is 35.5. The smallest absolute Gasteiger partial charge is 0.152 e. The first-order valence-corrected chi connectivity index (χ1v) is 12.7. The first-order valence-electron chi connectivity index (χ1n) is 12.0. The maximum atomic E-state index is 14.8. The summed E-state index contributed by atoms with van der Waals surface area (Å²) in [7, 11) is 0. The summed E-state index contributed by atoms with van der Waals surface area (Å²) in [4.78, 5) is 8.34. The minimum atomic E-state index is -1.82. The Bertz CT molecular complexity index is 1360. The van der Waals surface area contributed by atoms with E-state index < -0.39 is 17.2 Å². The van der Waals surface area contributed by atoms with Crippen molar-refractivity contribution in [2.24, 2.45) is 0 Å². The minimum Gasteiger partial charge on any atom is -0.381 e. The van der Waals surface area contributed by atoms with Crippen molar-refractivity contribution in [2.45, 2.75) is 25.1 Å². The van der Waals surface area contributed by atoms with Crippen LogP contribution in [0.3, 0.4) is 0 Å². The van der Waals surface area contributed by atoms with Crippen molar-refractivity contribution in [1.82, 2.24) is 39.9 Å². The van der Waals surface area contributed by atoms with Gasteiger partial charge in [-0.25, -0.2) is 23.1 Å². The predicted molar refractivity (Wildman–Crippen MR) is 137 cm³/mol.